The van der Waals surface area contributed by atoms with Crippen LogP contribution in [0.1, 0.15) is 48.0 Å². The molecule has 3 heterocycles. The van der Waals surface area contributed by atoms with E-state index in [-0.39, 0.29) is 40.8 Å². The topological polar surface area (TPSA) is 135 Å². The Morgan fingerprint density at radius 2 is 1.92 bits per heavy atom. The Morgan fingerprint density at radius 3 is 2.64 bits per heavy atom. The lowest BCUT2D eigenvalue weighted by Gasteiger charge is -2.11. The maximum atomic E-state index is 14.3. The predicted molar refractivity (Wildman–Crippen MR) is 124 cm³/mol. The number of carbonyl (C=O) groups is 3. The van der Waals surface area contributed by atoms with Crippen LogP contribution in [0.2, 0.25) is 0 Å². The zero-order chi connectivity index (χ0) is 25.8. The molecule has 0 fully saturated rings. The highest BCUT2D eigenvalue weighted by molar-refractivity contribution is 7.13. The van der Waals surface area contributed by atoms with E-state index in [1.54, 1.807) is 30.3 Å². The van der Waals surface area contributed by atoms with Gasteiger partial charge in [-0.25, -0.2) is 23.1 Å². The standard InChI is InChI=1S/C23H19F2N5O5S/c1-12(24)35-14-4-2-3-13(7-14)9-26-21(31)17-8-18(30-20(29-17)16(25)11-28-30)22(32)27-10-15-5-6-19(36-15)23(33)34/h2-8,11-12H,9-10H2,1H3,(H,26,31)(H,27,32)(H,33,34). The Bertz CT molecular complexity index is 1450. The highest BCUT2D eigenvalue weighted by Gasteiger charge is 2.20. The summed E-state index contributed by atoms with van der Waals surface area (Å²) in [5.74, 6) is -2.96. The van der Waals surface area contributed by atoms with E-state index in [1.807, 2.05) is 0 Å². The minimum Gasteiger partial charge on any atom is -0.477 e. The molecule has 2 amide bonds. The molecule has 186 valence electrons. The van der Waals surface area contributed by atoms with Crippen molar-refractivity contribution in [2.45, 2.75) is 26.4 Å². The average Bonchev–Trinajstić information content (AvgIpc) is 3.47. The van der Waals surface area contributed by atoms with Crippen LogP contribution >= 0.6 is 11.3 Å². The Morgan fingerprint density at radius 1 is 1.14 bits per heavy atom. The summed E-state index contributed by atoms with van der Waals surface area (Å²) >= 11 is 1.000. The highest BCUT2D eigenvalue weighted by Crippen LogP contribution is 2.18. The summed E-state index contributed by atoms with van der Waals surface area (Å²) in [6, 6.07) is 10.6. The van der Waals surface area contributed by atoms with E-state index in [1.165, 1.54) is 19.1 Å². The monoisotopic (exact) mass is 515 g/mol. The first-order valence-corrected chi connectivity index (χ1v) is 11.4. The molecule has 0 aliphatic rings. The number of aromatic nitrogens is 3. The maximum absolute atomic E-state index is 14.3. The fourth-order valence-corrected chi connectivity index (χ4v) is 4.04. The van der Waals surface area contributed by atoms with Crippen molar-refractivity contribution in [2.24, 2.45) is 0 Å². The number of alkyl halides is 1. The summed E-state index contributed by atoms with van der Waals surface area (Å²) in [4.78, 5) is 41.4. The molecule has 0 spiro atoms. The van der Waals surface area contributed by atoms with Crippen molar-refractivity contribution < 1.29 is 33.0 Å². The van der Waals surface area contributed by atoms with E-state index in [9.17, 15) is 23.2 Å². The van der Waals surface area contributed by atoms with E-state index in [0.717, 1.165) is 22.0 Å². The molecule has 0 aliphatic heterocycles. The van der Waals surface area contributed by atoms with Crippen LogP contribution in [0.15, 0.2) is 48.7 Å². The smallest absolute Gasteiger partial charge is 0.345 e. The second-order valence-corrected chi connectivity index (χ2v) is 8.67. The quantitative estimate of drug-likeness (QED) is 0.312. The number of benzene rings is 1. The number of thiophene rings is 1. The number of nitrogens with zero attached hydrogens (tertiary/aromatic N) is 3. The van der Waals surface area contributed by atoms with Gasteiger partial charge in [-0.1, -0.05) is 12.1 Å². The Kier molecular flexibility index (Phi) is 7.20. The molecule has 36 heavy (non-hydrogen) atoms. The molecule has 4 aromatic rings. The molecule has 0 aliphatic carbocycles. The fourth-order valence-electron chi connectivity index (χ4n) is 3.25. The van der Waals surface area contributed by atoms with Crippen molar-refractivity contribution in [3.8, 4) is 5.75 Å². The number of fused-ring (bicyclic) bond motifs is 1. The minimum atomic E-state index is -1.50. The number of ether oxygens (including phenoxy) is 1. The van der Waals surface area contributed by atoms with Crippen molar-refractivity contribution in [3.05, 3.63) is 81.2 Å². The van der Waals surface area contributed by atoms with Crippen molar-refractivity contribution in [1.82, 2.24) is 25.2 Å². The van der Waals surface area contributed by atoms with Gasteiger partial charge in [0.2, 0.25) is 6.36 Å². The van der Waals surface area contributed by atoms with Crippen molar-refractivity contribution >= 4 is 34.8 Å². The lowest BCUT2D eigenvalue weighted by atomic mass is 10.2. The molecule has 1 atom stereocenters. The summed E-state index contributed by atoms with van der Waals surface area (Å²) in [6.07, 6.45) is -0.628. The number of amides is 2. The van der Waals surface area contributed by atoms with Crippen LogP contribution in [0.25, 0.3) is 5.65 Å². The van der Waals surface area contributed by atoms with E-state index in [2.05, 4.69) is 20.7 Å². The van der Waals surface area contributed by atoms with Gasteiger partial charge in [0.05, 0.1) is 12.7 Å². The average molecular weight is 515 g/mol. The number of carbonyl (C=O) groups excluding carboxylic acids is 2. The first-order valence-electron chi connectivity index (χ1n) is 10.5. The highest BCUT2D eigenvalue weighted by atomic mass is 32.1. The molecule has 13 heteroatoms. The van der Waals surface area contributed by atoms with Crippen molar-refractivity contribution in [3.63, 3.8) is 0 Å². The van der Waals surface area contributed by atoms with Gasteiger partial charge in [0, 0.05) is 24.4 Å². The third kappa shape index (κ3) is 5.63. The number of halogens is 2. The fraction of sp³-hybridized carbons (Fsp3) is 0.174. The molecule has 10 nitrogen and oxygen atoms in total. The summed E-state index contributed by atoms with van der Waals surface area (Å²) in [6.45, 7) is 1.30. The summed E-state index contributed by atoms with van der Waals surface area (Å²) in [5, 5.41) is 18.1. The van der Waals surface area contributed by atoms with Gasteiger partial charge >= 0.3 is 5.97 Å². The number of aromatic carboxylic acids is 1. The summed E-state index contributed by atoms with van der Waals surface area (Å²) < 4.78 is 33.3. The summed E-state index contributed by atoms with van der Waals surface area (Å²) in [7, 11) is 0. The van der Waals surface area contributed by atoms with Gasteiger partial charge in [0.1, 0.15) is 22.0 Å². The first kappa shape index (κ1) is 24.7. The number of carboxylic acid groups (broad SMARTS) is 1. The molecule has 0 saturated heterocycles. The van der Waals surface area contributed by atoms with Crippen LogP contribution in [0.5, 0.6) is 5.75 Å². The molecule has 1 aromatic carbocycles. The maximum Gasteiger partial charge on any atom is 0.345 e. The summed E-state index contributed by atoms with van der Waals surface area (Å²) in [5.41, 5.74) is -0.0605. The Labute approximate surface area is 206 Å². The zero-order valence-corrected chi connectivity index (χ0v) is 19.5. The van der Waals surface area contributed by atoms with Gasteiger partial charge < -0.3 is 20.5 Å². The molecule has 3 N–H and O–H groups in total. The molecule has 0 radical (unpaired) electrons. The van der Waals surface area contributed by atoms with E-state index in [0.29, 0.717) is 10.4 Å². The van der Waals surface area contributed by atoms with Crippen LogP contribution in [-0.4, -0.2) is 43.8 Å². The van der Waals surface area contributed by atoms with Crippen molar-refractivity contribution in [1.29, 1.82) is 0 Å². The van der Waals surface area contributed by atoms with Gasteiger partial charge in [-0.3, -0.25) is 9.59 Å². The number of rotatable bonds is 9. The van der Waals surface area contributed by atoms with E-state index >= 15 is 0 Å². The molecular formula is C23H19F2N5O5S. The van der Waals surface area contributed by atoms with Gasteiger partial charge in [-0.05, 0) is 29.8 Å². The Balaban J connectivity index is 1.51. The molecule has 4 rings (SSSR count). The van der Waals surface area contributed by atoms with Crippen LogP contribution in [0.3, 0.4) is 0 Å². The van der Waals surface area contributed by atoms with Gasteiger partial charge in [0.25, 0.3) is 11.8 Å². The molecule has 0 bridgehead atoms. The molecule has 0 saturated carbocycles. The predicted octanol–water partition coefficient (Wildman–Crippen LogP) is 3.18. The largest absolute Gasteiger partial charge is 0.477 e. The van der Waals surface area contributed by atoms with Crippen LogP contribution in [0, 0.1) is 5.82 Å². The second kappa shape index (κ2) is 10.5. The van der Waals surface area contributed by atoms with Gasteiger partial charge in [-0.15, -0.1) is 11.3 Å². The molecule has 1 unspecified atom stereocenters. The second-order valence-electron chi connectivity index (χ2n) is 7.50. The third-order valence-electron chi connectivity index (χ3n) is 4.84. The van der Waals surface area contributed by atoms with E-state index in [4.69, 9.17) is 9.84 Å². The van der Waals surface area contributed by atoms with Gasteiger partial charge in [0.15, 0.2) is 11.5 Å². The molecule has 3 aromatic heterocycles. The lowest BCUT2D eigenvalue weighted by Crippen LogP contribution is -2.28. The zero-order valence-electron chi connectivity index (χ0n) is 18.7. The number of hydrogen-bond donors (Lipinski definition) is 3. The number of nitrogens with one attached hydrogen (secondary N) is 2. The number of carboxylic acids is 1. The SMILES string of the molecule is CC(F)Oc1cccc(CNC(=O)c2cc(C(=O)NCc3ccc(C(=O)O)s3)n3ncc(F)c3n2)c1. The number of hydrogen-bond acceptors (Lipinski definition) is 7. The lowest BCUT2D eigenvalue weighted by molar-refractivity contribution is 0.0701. The van der Waals surface area contributed by atoms with Crippen molar-refractivity contribution in [2.75, 3.05) is 0 Å². The minimum absolute atomic E-state index is 0.0157. The molecular weight excluding hydrogens is 496 g/mol. The Hall–Kier alpha value is -4.39. The van der Waals surface area contributed by atoms with Crippen LogP contribution in [-0.2, 0) is 13.1 Å². The third-order valence-corrected chi connectivity index (χ3v) is 5.91. The van der Waals surface area contributed by atoms with Crippen LogP contribution < -0.4 is 15.4 Å². The van der Waals surface area contributed by atoms with E-state index < -0.39 is 30.0 Å². The first-order chi connectivity index (χ1) is 17.2. The van der Waals surface area contributed by atoms with Crippen LogP contribution in [0.4, 0.5) is 8.78 Å². The normalized spacial score (nSPS) is 11.8. The van der Waals surface area contributed by atoms with Gasteiger partial charge in [-0.2, -0.15) is 5.10 Å².